The van der Waals surface area contributed by atoms with Gasteiger partial charge in [-0.25, -0.2) is 0 Å². The first-order valence-electron chi connectivity index (χ1n) is 7.04. The number of rotatable bonds is 10. The van der Waals surface area contributed by atoms with Gasteiger partial charge < -0.3 is 10.1 Å². The number of carbonyl (C=O) groups is 1. The van der Waals surface area contributed by atoms with Crippen molar-refractivity contribution < 1.29 is 9.53 Å². The Kier molecular flexibility index (Phi) is 9.56. The molecule has 0 saturated heterocycles. The molecule has 3 nitrogen and oxygen atoms in total. The van der Waals surface area contributed by atoms with E-state index in [2.05, 4.69) is 32.3 Å². The average molecular weight is 275 g/mol. The summed E-state index contributed by atoms with van der Waals surface area (Å²) in [7, 11) is 0. The van der Waals surface area contributed by atoms with Gasteiger partial charge in [-0.15, -0.1) is 0 Å². The highest BCUT2D eigenvalue weighted by atomic mass is 32.2. The molecule has 0 aliphatic rings. The quantitative estimate of drug-likeness (QED) is 0.621. The van der Waals surface area contributed by atoms with Gasteiger partial charge in [0, 0.05) is 11.3 Å². The minimum atomic E-state index is -0.153. The van der Waals surface area contributed by atoms with Crippen molar-refractivity contribution in [1.29, 1.82) is 0 Å². The van der Waals surface area contributed by atoms with Crippen LogP contribution in [0.15, 0.2) is 0 Å². The maximum Gasteiger partial charge on any atom is 0.323 e. The van der Waals surface area contributed by atoms with Gasteiger partial charge in [0.15, 0.2) is 0 Å². The predicted molar refractivity (Wildman–Crippen MR) is 80.2 cm³/mol. The molecule has 0 aromatic carbocycles. The van der Waals surface area contributed by atoms with Crippen LogP contribution in [-0.2, 0) is 9.53 Å². The molecule has 1 unspecified atom stereocenters. The third-order valence-electron chi connectivity index (χ3n) is 3.54. The number of thioether (sulfide) groups is 1. The molecule has 0 amide bonds. The van der Waals surface area contributed by atoms with E-state index in [9.17, 15) is 4.79 Å². The normalized spacial score (nSPS) is 13.4. The molecule has 0 bridgehead atoms. The van der Waals surface area contributed by atoms with Gasteiger partial charge >= 0.3 is 5.97 Å². The topological polar surface area (TPSA) is 38.3 Å². The Balaban J connectivity index is 4.45. The number of hydrogen-bond acceptors (Lipinski definition) is 4. The van der Waals surface area contributed by atoms with E-state index in [1.54, 1.807) is 0 Å². The fourth-order valence-electron chi connectivity index (χ4n) is 2.00. The fourth-order valence-corrected chi connectivity index (χ4v) is 2.81. The smallest absolute Gasteiger partial charge is 0.323 e. The molecule has 1 atom stereocenters. The Bertz CT molecular complexity index is 222. The number of ether oxygens (including phenoxy) is 1. The number of hydrogen-bond donors (Lipinski definition) is 1. The van der Waals surface area contributed by atoms with Crippen LogP contribution in [0.3, 0.4) is 0 Å². The monoisotopic (exact) mass is 275 g/mol. The Labute approximate surface area is 116 Å². The van der Waals surface area contributed by atoms with Crippen molar-refractivity contribution in [2.24, 2.45) is 0 Å². The average Bonchev–Trinajstić information content (AvgIpc) is 2.39. The zero-order valence-electron chi connectivity index (χ0n) is 12.5. The lowest BCUT2D eigenvalue weighted by Gasteiger charge is -2.31. The predicted octanol–water partition coefficient (Wildman–Crippen LogP) is 3.23. The Morgan fingerprint density at radius 1 is 1.28 bits per heavy atom. The second kappa shape index (κ2) is 9.68. The summed E-state index contributed by atoms with van der Waals surface area (Å²) in [6.07, 6.45) is 6.20. The number of esters is 1. The van der Waals surface area contributed by atoms with Crippen molar-refractivity contribution in [2.45, 2.75) is 64.2 Å². The van der Waals surface area contributed by atoms with Crippen LogP contribution in [0.5, 0.6) is 0 Å². The van der Waals surface area contributed by atoms with Crippen LogP contribution in [-0.4, -0.2) is 36.2 Å². The maximum absolute atomic E-state index is 11.8. The molecular formula is C14H29NO2S. The van der Waals surface area contributed by atoms with E-state index in [0.717, 1.165) is 32.2 Å². The summed E-state index contributed by atoms with van der Waals surface area (Å²) in [6, 6.07) is -0.153. The first-order chi connectivity index (χ1) is 8.59. The third-order valence-corrected chi connectivity index (χ3v) is 5.13. The molecule has 108 valence electrons. The summed E-state index contributed by atoms with van der Waals surface area (Å²) in [6.45, 7) is 9.68. The summed E-state index contributed by atoms with van der Waals surface area (Å²) in [5, 5.41) is 3.40. The summed E-state index contributed by atoms with van der Waals surface area (Å²) in [5.74, 6) is -0.110. The lowest BCUT2D eigenvalue weighted by Crippen LogP contribution is -2.45. The molecule has 1 N–H and O–H groups in total. The van der Waals surface area contributed by atoms with Crippen LogP contribution in [0, 0.1) is 0 Å². The Hall–Kier alpha value is -0.220. The summed E-state index contributed by atoms with van der Waals surface area (Å²) >= 11 is 1.89. The Morgan fingerprint density at radius 2 is 1.89 bits per heavy atom. The van der Waals surface area contributed by atoms with Crippen LogP contribution >= 0.6 is 11.8 Å². The second-order valence-corrected chi connectivity index (χ2v) is 5.84. The minimum absolute atomic E-state index is 0.110. The highest BCUT2D eigenvalue weighted by molar-refractivity contribution is 8.00. The summed E-state index contributed by atoms with van der Waals surface area (Å²) in [4.78, 5) is 11.8. The highest BCUT2D eigenvalue weighted by Crippen LogP contribution is 2.29. The summed E-state index contributed by atoms with van der Waals surface area (Å²) in [5.41, 5.74) is 0. The van der Waals surface area contributed by atoms with Gasteiger partial charge in [-0.3, -0.25) is 4.79 Å². The zero-order chi connectivity index (χ0) is 14.0. The van der Waals surface area contributed by atoms with Gasteiger partial charge in [0.2, 0.25) is 0 Å². The van der Waals surface area contributed by atoms with Crippen molar-refractivity contribution in [3.63, 3.8) is 0 Å². The molecule has 4 heteroatoms. The SMILES string of the molecule is CCCC(NCC(CC)(CC)SC)C(=O)OCC. The van der Waals surface area contributed by atoms with Crippen molar-refractivity contribution in [1.82, 2.24) is 5.32 Å². The maximum atomic E-state index is 11.8. The van der Waals surface area contributed by atoms with E-state index in [1.807, 2.05) is 18.7 Å². The molecule has 0 spiro atoms. The molecule has 0 aromatic rings. The molecule has 18 heavy (non-hydrogen) atoms. The molecule has 0 aliphatic heterocycles. The van der Waals surface area contributed by atoms with Gasteiger partial charge in [-0.2, -0.15) is 11.8 Å². The van der Waals surface area contributed by atoms with Crippen molar-refractivity contribution in [2.75, 3.05) is 19.4 Å². The van der Waals surface area contributed by atoms with Crippen molar-refractivity contribution in [3.8, 4) is 0 Å². The van der Waals surface area contributed by atoms with E-state index >= 15 is 0 Å². The van der Waals surface area contributed by atoms with Gasteiger partial charge in [0.1, 0.15) is 6.04 Å². The van der Waals surface area contributed by atoms with Crippen LogP contribution in [0.2, 0.25) is 0 Å². The standard InChI is InChI=1S/C14H29NO2S/c1-6-10-12(13(16)17-9-4)15-11-14(7-2,8-3)18-5/h12,15H,6-11H2,1-5H3. The van der Waals surface area contributed by atoms with Gasteiger partial charge in [0.05, 0.1) is 6.61 Å². The summed E-state index contributed by atoms with van der Waals surface area (Å²) < 4.78 is 5.35. The van der Waals surface area contributed by atoms with E-state index in [-0.39, 0.29) is 16.8 Å². The van der Waals surface area contributed by atoms with E-state index in [4.69, 9.17) is 4.74 Å². The van der Waals surface area contributed by atoms with E-state index in [1.165, 1.54) is 0 Å². The number of carbonyl (C=O) groups excluding carboxylic acids is 1. The van der Waals surface area contributed by atoms with Crippen molar-refractivity contribution in [3.05, 3.63) is 0 Å². The molecule has 0 fully saturated rings. The molecule has 0 rings (SSSR count). The Morgan fingerprint density at radius 3 is 2.28 bits per heavy atom. The minimum Gasteiger partial charge on any atom is -0.465 e. The molecule has 0 aliphatic carbocycles. The zero-order valence-corrected chi connectivity index (χ0v) is 13.4. The molecular weight excluding hydrogens is 246 g/mol. The van der Waals surface area contributed by atoms with Crippen LogP contribution in [0.25, 0.3) is 0 Å². The van der Waals surface area contributed by atoms with Gasteiger partial charge in [-0.05, 0) is 32.4 Å². The molecule has 0 aromatic heterocycles. The van der Waals surface area contributed by atoms with E-state index < -0.39 is 0 Å². The molecule has 0 heterocycles. The van der Waals surface area contributed by atoms with E-state index in [0.29, 0.717) is 6.61 Å². The lowest BCUT2D eigenvalue weighted by atomic mass is 10.0. The second-order valence-electron chi connectivity index (χ2n) is 4.57. The van der Waals surface area contributed by atoms with Gasteiger partial charge in [-0.1, -0.05) is 27.2 Å². The first kappa shape index (κ1) is 17.8. The first-order valence-corrected chi connectivity index (χ1v) is 8.26. The van der Waals surface area contributed by atoms with Crippen LogP contribution in [0.4, 0.5) is 0 Å². The highest BCUT2D eigenvalue weighted by Gasteiger charge is 2.27. The van der Waals surface area contributed by atoms with Crippen molar-refractivity contribution >= 4 is 17.7 Å². The fraction of sp³-hybridized carbons (Fsp3) is 0.929. The number of nitrogens with one attached hydrogen (secondary N) is 1. The van der Waals surface area contributed by atoms with Gasteiger partial charge in [0.25, 0.3) is 0 Å². The largest absolute Gasteiger partial charge is 0.465 e. The molecule has 0 saturated carbocycles. The van der Waals surface area contributed by atoms with Crippen LogP contribution in [0.1, 0.15) is 53.4 Å². The van der Waals surface area contributed by atoms with Crippen LogP contribution < -0.4 is 5.32 Å². The third kappa shape index (κ3) is 5.61. The lowest BCUT2D eigenvalue weighted by molar-refractivity contribution is -0.145. The molecule has 0 radical (unpaired) electrons.